The fourth-order valence-corrected chi connectivity index (χ4v) is 5.75. The summed E-state index contributed by atoms with van der Waals surface area (Å²) in [4.78, 5) is 26.6. The van der Waals surface area contributed by atoms with Gasteiger partial charge >= 0.3 is 0 Å². The second-order valence-corrected chi connectivity index (χ2v) is 8.20. The lowest BCUT2D eigenvalue weighted by atomic mass is 10.0. The van der Waals surface area contributed by atoms with Gasteiger partial charge in [-0.05, 0) is 6.07 Å². The van der Waals surface area contributed by atoms with Crippen LogP contribution in [-0.2, 0) is 16.6 Å². The Morgan fingerprint density at radius 1 is 1.52 bits per heavy atom. The lowest BCUT2D eigenvalue weighted by molar-refractivity contribution is -0.670. The number of nitrogens with two attached hydrogens (primary N) is 1. The molecule has 2 aromatic rings. The third-order valence-corrected chi connectivity index (χ3v) is 6.77. The highest BCUT2D eigenvalue weighted by atomic mass is 32.2. The quantitative estimate of drug-likeness (QED) is 0.476. The van der Waals surface area contributed by atoms with Gasteiger partial charge in [0.1, 0.15) is 24.2 Å². The van der Waals surface area contributed by atoms with Crippen LogP contribution in [0.2, 0.25) is 0 Å². The second-order valence-electron chi connectivity index (χ2n) is 5.61. The van der Waals surface area contributed by atoms with E-state index in [0.717, 1.165) is 20.5 Å². The molecule has 4 heterocycles. The number of aromatic nitrogens is 1. The zero-order chi connectivity index (χ0) is 16.3. The van der Waals surface area contributed by atoms with E-state index in [1.54, 1.807) is 23.1 Å². The van der Waals surface area contributed by atoms with E-state index in [1.165, 1.54) is 4.90 Å². The number of β-lactam (4-membered cyclic amide) rings is 1. The van der Waals surface area contributed by atoms with Gasteiger partial charge in [-0.15, -0.1) is 23.1 Å². The van der Waals surface area contributed by atoms with Gasteiger partial charge in [0.25, 0.3) is 0 Å². The minimum atomic E-state index is -0.523. The maximum Gasteiger partial charge on any atom is 0.248 e. The summed E-state index contributed by atoms with van der Waals surface area (Å²) in [6.07, 6.45) is 4.04. The summed E-state index contributed by atoms with van der Waals surface area (Å²) in [5.74, 6) is 0.451. The SMILES string of the molecule is C[n+]1ccc2cc(C3=C(C(=O)S)N4C(=O)[C@@H](N)[C@H]4SC3)sc2c1. The first-order valence-corrected chi connectivity index (χ1v) is 9.34. The number of nitrogens with zero attached hydrogens (tertiary/aromatic N) is 2. The Morgan fingerprint density at radius 2 is 2.30 bits per heavy atom. The number of carbonyl (C=O) groups is 2. The topological polar surface area (TPSA) is 67.3 Å². The molecule has 4 rings (SSSR count). The maximum atomic E-state index is 12.1. The molecule has 118 valence electrons. The van der Waals surface area contributed by atoms with Crippen LogP contribution < -0.4 is 10.3 Å². The number of hydrogen-bond donors (Lipinski definition) is 2. The molecule has 0 saturated carbocycles. The fourth-order valence-electron chi connectivity index (χ4n) is 2.93. The van der Waals surface area contributed by atoms with Gasteiger partial charge in [-0.25, -0.2) is 4.57 Å². The molecule has 2 aliphatic heterocycles. The van der Waals surface area contributed by atoms with Crippen molar-refractivity contribution < 1.29 is 14.2 Å². The molecular weight excluding hydrogens is 350 g/mol. The predicted molar refractivity (Wildman–Crippen MR) is 95.0 cm³/mol. The number of rotatable bonds is 2. The zero-order valence-corrected chi connectivity index (χ0v) is 14.8. The fraction of sp³-hybridized carbons (Fsp3) is 0.267. The molecule has 0 aromatic carbocycles. The molecule has 2 aliphatic rings. The van der Waals surface area contributed by atoms with Crippen molar-refractivity contribution in [3.8, 4) is 0 Å². The molecule has 0 unspecified atom stereocenters. The normalized spacial score (nSPS) is 24.0. The molecule has 5 nitrogen and oxygen atoms in total. The average Bonchev–Trinajstić information content (AvgIpc) is 2.95. The van der Waals surface area contributed by atoms with Crippen LogP contribution in [0.5, 0.6) is 0 Å². The number of carbonyl (C=O) groups excluding carboxylic acids is 2. The van der Waals surface area contributed by atoms with Crippen molar-refractivity contribution in [3.63, 3.8) is 0 Å². The van der Waals surface area contributed by atoms with Crippen LogP contribution in [-0.4, -0.2) is 33.1 Å². The monoisotopic (exact) mass is 364 g/mol. The molecule has 2 N–H and O–H groups in total. The highest BCUT2D eigenvalue weighted by molar-refractivity contribution is 8.00. The van der Waals surface area contributed by atoms with Gasteiger partial charge in [0.15, 0.2) is 12.4 Å². The molecule has 0 aliphatic carbocycles. The number of amides is 1. The molecule has 1 fully saturated rings. The highest BCUT2D eigenvalue weighted by Crippen LogP contribution is 2.45. The lowest BCUT2D eigenvalue weighted by Gasteiger charge is -2.48. The first-order valence-electron chi connectivity index (χ1n) is 7.03. The Balaban J connectivity index is 1.86. The first kappa shape index (κ1) is 15.2. The van der Waals surface area contributed by atoms with Gasteiger partial charge in [0.2, 0.25) is 11.0 Å². The Bertz CT molecular complexity index is 889. The van der Waals surface area contributed by atoms with E-state index in [2.05, 4.69) is 24.9 Å². The summed E-state index contributed by atoms with van der Waals surface area (Å²) >= 11 is 7.21. The Morgan fingerprint density at radius 3 is 3.04 bits per heavy atom. The number of fused-ring (bicyclic) bond motifs is 2. The number of pyridine rings is 1. The molecule has 2 aromatic heterocycles. The standard InChI is InChI=1S/C15H13N3O2S3/c1-17-3-2-7-4-9(23-10(7)5-17)8-6-22-14-11(16)13(19)18(14)12(8)15(20)21/h2-5,11,14H,6,16H2,1H3/p+1/t11-,14-/m1/s1. The summed E-state index contributed by atoms with van der Waals surface area (Å²) in [6, 6.07) is 3.59. The lowest BCUT2D eigenvalue weighted by Crippen LogP contribution is -2.68. The van der Waals surface area contributed by atoms with Crippen LogP contribution in [0.3, 0.4) is 0 Å². The van der Waals surface area contributed by atoms with Gasteiger partial charge in [-0.3, -0.25) is 14.5 Å². The van der Waals surface area contributed by atoms with Crippen molar-refractivity contribution in [2.24, 2.45) is 12.8 Å². The van der Waals surface area contributed by atoms with Gasteiger partial charge in [-0.1, -0.05) is 12.6 Å². The summed E-state index contributed by atoms with van der Waals surface area (Å²) < 4.78 is 3.13. The van der Waals surface area contributed by atoms with Crippen molar-refractivity contribution in [3.05, 3.63) is 35.1 Å². The average molecular weight is 364 g/mol. The van der Waals surface area contributed by atoms with Crippen LogP contribution in [0.25, 0.3) is 15.7 Å². The van der Waals surface area contributed by atoms with Crippen LogP contribution in [0.1, 0.15) is 4.88 Å². The van der Waals surface area contributed by atoms with Gasteiger partial charge < -0.3 is 5.73 Å². The molecule has 0 bridgehead atoms. The van der Waals surface area contributed by atoms with Gasteiger partial charge in [0.05, 0.1) is 4.70 Å². The number of hydrogen-bond acceptors (Lipinski definition) is 5. The summed E-state index contributed by atoms with van der Waals surface area (Å²) in [7, 11) is 1.97. The summed E-state index contributed by atoms with van der Waals surface area (Å²) in [6.45, 7) is 0. The number of thiophene rings is 1. The molecule has 2 atom stereocenters. The van der Waals surface area contributed by atoms with E-state index in [-0.39, 0.29) is 16.4 Å². The van der Waals surface area contributed by atoms with Crippen molar-refractivity contribution in [1.82, 2.24) is 4.90 Å². The van der Waals surface area contributed by atoms with E-state index in [1.807, 2.05) is 23.9 Å². The molecule has 1 saturated heterocycles. The Hall–Kier alpha value is -1.35. The highest BCUT2D eigenvalue weighted by Gasteiger charge is 2.51. The molecule has 0 radical (unpaired) electrons. The van der Waals surface area contributed by atoms with Crippen molar-refractivity contribution in [2.75, 3.05) is 5.75 Å². The smallest absolute Gasteiger partial charge is 0.248 e. The minimum absolute atomic E-state index is 0.149. The Kier molecular flexibility index (Phi) is 3.53. The van der Waals surface area contributed by atoms with Crippen LogP contribution in [0, 0.1) is 0 Å². The molecule has 1 amide bonds. The van der Waals surface area contributed by atoms with Gasteiger partial charge in [0, 0.05) is 27.7 Å². The zero-order valence-electron chi connectivity index (χ0n) is 12.2. The largest absolute Gasteiger partial charge is 0.317 e. The van der Waals surface area contributed by atoms with E-state index in [4.69, 9.17) is 5.73 Å². The molecule has 8 heteroatoms. The van der Waals surface area contributed by atoms with Crippen molar-refractivity contribution >= 4 is 62.4 Å². The van der Waals surface area contributed by atoms with E-state index in [9.17, 15) is 9.59 Å². The predicted octanol–water partition coefficient (Wildman–Crippen LogP) is 1.14. The molecular formula is C15H14N3O2S3+. The summed E-state index contributed by atoms with van der Waals surface area (Å²) in [5, 5.41) is 0.596. The molecule has 23 heavy (non-hydrogen) atoms. The van der Waals surface area contributed by atoms with E-state index >= 15 is 0 Å². The number of aryl methyl sites for hydroxylation is 1. The first-order chi connectivity index (χ1) is 11.0. The minimum Gasteiger partial charge on any atom is -0.317 e. The summed E-state index contributed by atoms with van der Waals surface area (Å²) in [5.41, 5.74) is 7.09. The third-order valence-electron chi connectivity index (χ3n) is 4.11. The Labute approximate surface area is 146 Å². The van der Waals surface area contributed by atoms with Crippen molar-refractivity contribution in [1.29, 1.82) is 0 Å². The van der Waals surface area contributed by atoms with E-state index < -0.39 is 6.04 Å². The third kappa shape index (κ3) is 2.24. The van der Waals surface area contributed by atoms with Crippen LogP contribution in [0.4, 0.5) is 0 Å². The van der Waals surface area contributed by atoms with Crippen LogP contribution in [0.15, 0.2) is 30.2 Å². The maximum absolute atomic E-state index is 12.1. The number of thiol groups is 1. The van der Waals surface area contributed by atoms with Crippen molar-refractivity contribution in [2.45, 2.75) is 11.4 Å². The number of thioether (sulfide) groups is 1. The second kappa shape index (κ2) is 5.34. The molecule has 0 spiro atoms. The van der Waals surface area contributed by atoms with Gasteiger partial charge in [-0.2, -0.15) is 0 Å². The van der Waals surface area contributed by atoms with Crippen LogP contribution >= 0.6 is 35.7 Å². The van der Waals surface area contributed by atoms with E-state index in [0.29, 0.717) is 11.4 Å².